The van der Waals surface area contributed by atoms with E-state index >= 15 is 0 Å². The number of nitrogens with zero attached hydrogens (tertiary/aromatic N) is 2. The highest BCUT2D eigenvalue weighted by Gasteiger charge is 2.43. The number of anilines is 6. The number of fused-ring (bicyclic) bond motifs is 4. The van der Waals surface area contributed by atoms with E-state index < -0.39 is 11.9 Å². The zero-order valence-corrected chi connectivity index (χ0v) is 27.3. The number of benzene rings is 7. The Hall–Kier alpha value is -6.86. The van der Waals surface area contributed by atoms with Crippen LogP contribution in [-0.4, -0.2) is 28.9 Å². The minimum Gasteiger partial charge on any atom is -0.478 e. The Morgan fingerprint density at radius 1 is 0.412 bits per heavy atom. The third kappa shape index (κ3) is 4.98. The van der Waals surface area contributed by atoms with Crippen LogP contribution in [0.25, 0.3) is 22.3 Å². The molecule has 0 spiro atoms. The predicted molar refractivity (Wildman–Crippen MR) is 205 cm³/mol. The summed E-state index contributed by atoms with van der Waals surface area (Å²) in [6, 6.07) is 54.5. The third-order valence-electron chi connectivity index (χ3n) is 9.95. The van der Waals surface area contributed by atoms with Gasteiger partial charge >= 0.3 is 11.9 Å². The van der Waals surface area contributed by atoms with Crippen LogP contribution in [0, 0.1) is 0 Å². The van der Waals surface area contributed by atoms with Gasteiger partial charge in [-0.1, -0.05) is 91.0 Å². The minimum atomic E-state index is -0.949. The van der Waals surface area contributed by atoms with E-state index in [2.05, 4.69) is 113 Å². The quantitative estimate of drug-likeness (QED) is 0.174. The molecule has 51 heavy (non-hydrogen) atoms. The topological polar surface area (TPSA) is 81.1 Å². The first-order valence-electron chi connectivity index (χ1n) is 16.7. The van der Waals surface area contributed by atoms with E-state index in [0.717, 1.165) is 67.3 Å². The molecule has 0 atom stereocenters. The number of para-hydroxylation sites is 2. The Bertz CT molecular complexity index is 2310. The van der Waals surface area contributed by atoms with Crippen molar-refractivity contribution in [2.45, 2.75) is 0 Å². The molecule has 0 amide bonds. The molecule has 2 N–H and O–H groups in total. The van der Waals surface area contributed by atoms with Gasteiger partial charge in [-0.05, 0) is 111 Å². The summed E-state index contributed by atoms with van der Waals surface area (Å²) in [5, 5.41) is 19.0. The first-order chi connectivity index (χ1) is 25.0. The molecular formula is C44H29BN2O4. The molecule has 0 bridgehead atoms. The zero-order chi connectivity index (χ0) is 34.6. The average Bonchev–Trinajstić information content (AvgIpc) is 3.18. The first kappa shape index (κ1) is 30.2. The van der Waals surface area contributed by atoms with Gasteiger partial charge in [-0.3, -0.25) is 0 Å². The standard InChI is InChI=1S/C44H29BN2O4/c48-43(49)30-18-14-28(15-19-30)32-22-24-36-40(26-32)46(34-8-3-1-4-9-34)38-12-7-13-39-42(38)45(36)37-25-23-33(29-16-20-31(21-17-29)44(50)51)27-41(37)47(39)35-10-5-2-6-11-35/h1-27H,(H,48,49)(H,50,51). The molecule has 0 aromatic heterocycles. The van der Waals surface area contributed by atoms with E-state index in [1.165, 1.54) is 5.46 Å². The van der Waals surface area contributed by atoms with Crippen LogP contribution in [0.2, 0.25) is 0 Å². The molecule has 0 fully saturated rings. The van der Waals surface area contributed by atoms with Crippen molar-refractivity contribution in [1.29, 1.82) is 0 Å². The largest absolute Gasteiger partial charge is 0.478 e. The average molecular weight is 661 g/mol. The summed E-state index contributed by atoms with van der Waals surface area (Å²) >= 11 is 0. The molecule has 0 saturated heterocycles. The van der Waals surface area contributed by atoms with Gasteiger partial charge in [0, 0.05) is 34.1 Å². The van der Waals surface area contributed by atoms with Crippen molar-refractivity contribution in [2.75, 3.05) is 9.80 Å². The summed E-state index contributed by atoms with van der Waals surface area (Å²) in [4.78, 5) is 27.8. The lowest BCUT2D eigenvalue weighted by atomic mass is 9.33. The molecule has 0 saturated carbocycles. The van der Waals surface area contributed by atoms with Crippen LogP contribution in [0.3, 0.4) is 0 Å². The van der Waals surface area contributed by atoms with Crippen LogP contribution in [0.5, 0.6) is 0 Å². The number of carbonyl (C=O) groups is 2. The van der Waals surface area contributed by atoms with Gasteiger partial charge in [0.1, 0.15) is 0 Å². The van der Waals surface area contributed by atoms with Gasteiger partial charge in [0.2, 0.25) is 0 Å². The molecule has 7 heteroatoms. The number of carboxylic acids is 2. The van der Waals surface area contributed by atoms with Crippen molar-refractivity contribution in [3.05, 3.63) is 175 Å². The SMILES string of the molecule is O=C(O)c1ccc(-c2ccc3c(c2)N(c2ccccc2)c2cccc4c2B3c2ccc(-c3ccc(C(=O)O)cc3)cc2N4c2ccccc2)cc1. The van der Waals surface area contributed by atoms with Gasteiger partial charge in [0.15, 0.2) is 0 Å². The summed E-state index contributed by atoms with van der Waals surface area (Å²) in [6.45, 7) is -0.0759. The summed E-state index contributed by atoms with van der Waals surface area (Å²) in [5.41, 5.74) is 14.3. The van der Waals surface area contributed by atoms with Gasteiger partial charge in [-0.15, -0.1) is 0 Å². The van der Waals surface area contributed by atoms with Crippen molar-refractivity contribution in [3.63, 3.8) is 0 Å². The maximum atomic E-state index is 11.6. The van der Waals surface area contributed by atoms with E-state index in [9.17, 15) is 19.8 Å². The smallest absolute Gasteiger partial charge is 0.335 e. The molecule has 0 unspecified atom stereocenters. The molecule has 2 aliphatic heterocycles. The monoisotopic (exact) mass is 660 g/mol. The normalized spacial score (nSPS) is 12.5. The molecule has 7 aromatic carbocycles. The van der Waals surface area contributed by atoms with Crippen molar-refractivity contribution in [1.82, 2.24) is 0 Å². The number of hydrogen-bond acceptors (Lipinski definition) is 4. The van der Waals surface area contributed by atoms with Crippen LogP contribution in [-0.2, 0) is 0 Å². The van der Waals surface area contributed by atoms with Crippen LogP contribution in [0.1, 0.15) is 20.7 Å². The van der Waals surface area contributed by atoms with Crippen LogP contribution in [0.4, 0.5) is 34.1 Å². The lowest BCUT2D eigenvalue weighted by Crippen LogP contribution is -2.61. The van der Waals surface area contributed by atoms with Crippen molar-refractivity contribution in [3.8, 4) is 22.3 Å². The highest BCUT2D eigenvalue weighted by molar-refractivity contribution is 7.00. The van der Waals surface area contributed by atoms with E-state index in [1.54, 1.807) is 24.3 Å². The Labute approximate surface area is 295 Å². The van der Waals surface area contributed by atoms with Gasteiger partial charge in [-0.2, -0.15) is 0 Å². The van der Waals surface area contributed by atoms with E-state index in [1.807, 2.05) is 36.4 Å². The van der Waals surface area contributed by atoms with E-state index in [4.69, 9.17) is 0 Å². The summed E-state index contributed by atoms with van der Waals surface area (Å²) in [5.74, 6) is -1.90. The summed E-state index contributed by atoms with van der Waals surface area (Å²) < 4.78 is 0. The van der Waals surface area contributed by atoms with Gasteiger partial charge in [0.25, 0.3) is 6.71 Å². The van der Waals surface area contributed by atoms with Crippen molar-refractivity contribution >= 4 is 69.2 Å². The van der Waals surface area contributed by atoms with Gasteiger partial charge in [0.05, 0.1) is 11.1 Å². The molecule has 9 rings (SSSR count). The number of aromatic carboxylic acids is 2. The number of carboxylic acid groups (broad SMARTS) is 2. The highest BCUT2D eigenvalue weighted by Crippen LogP contribution is 2.45. The van der Waals surface area contributed by atoms with E-state index in [0.29, 0.717) is 0 Å². The maximum Gasteiger partial charge on any atom is 0.335 e. The minimum absolute atomic E-state index is 0.0759. The summed E-state index contributed by atoms with van der Waals surface area (Å²) in [7, 11) is 0. The second-order valence-electron chi connectivity index (χ2n) is 12.8. The summed E-state index contributed by atoms with van der Waals surface area (Å²) in [6.07, 6.45) is 0. The molecular weight excluding hydrogens is 631 g/mol. The Morgan fingerprint density at radius 2 is 0.804 bits per heavy atom. The second-order valence-corrected chi connectivity index (χ2v) is 12.8. The predicted octanol–water partition coefficient (Wildman–Crippen LogP) is 8.50. The fourth-order valence-corrected chi connectivity index (χ4v) is 7.61. The molecule has 0 radical (unpaired) electrons. The van der Waals surface area contributed by atoms with Crippen LogP contribution in [0.15, 0.2) is 164 Å². The third-order valence-corrected chi connectivity index (χ3v) is 9.95. The number of rotatable bonds is 6. The molecule has 2 heterocycles. The highest BCUT2D eigenvalue weighted by atomic mass is 16.4. The van der Waals surface area contributed by atoms with Crippen LogP contribution < -0.4 is 26.2 Å². The van der Waals surface area contributed by atoms with E-state index in [-0.39, 0.29) is 17.8 Å². The zero-order valence-electron chi connectivity index (χ0n) is 27.3. The van der Waals surface area contributed by atoms with Gasteiger partial charge in [-0.25, -0.2) is 9.59 Å². The van der Waals surface area contributed by atoms with Crippen molar-refractivity contribution in [2.24, 2.45) is 0 Å². The Balaban J connectivity index is 1.29. The lowest BCUT2D eigenvalue weighted by molar-refractivity contribution is 0.0686. The lowest BCUT2D eigenvalue weighted by Gasteiger charge is -2.44. The van der Waals surface area contributed by atoms with Gasteiger partial charge < -0.3 is 20.0 Å². The first-order valence-corrected chi connectivity index (χ1v) is 16.7. The second kappa shape index (κ2) is 11.9. The molecule has 242 valence electrons. The number of hydrogen-bond donors (Lipinski definition) is 2. The molecule has 0 aliphatic carbocycles. The maximum absolute atomic E-state index is 11.6. The fraction of sp³-hybridized carbons (Fsp3) is 0. The van der Waals surface area contributed by atoms with Crippen LogP contribution >= 0.6 is 0 Å². The Morgan fingerprint density at radius 3 is 1.20 bits per heavy atom. The molecule has 6 nitrogen and oxygen atoms in total. The fourth-order valence-electron chi connectivity index (χ4n) is 7.61. The molecule has 7 aromatic rings. The Kier molecular flexibility index (Phi) is 7.07. The van der Waals surface area contributed by atoms with Crippen molar-refractivity contribution < 1.29 is 19.8 Å². The molecule has 2 aliphatic rings.